The average Bonchev–Trinajstić information content (AvgIpc) is 3.33. The molecule has 1 fully saturated rings. The van der Waals surface area contributed by atoms with Crippen molar-refractivity contribution in [1.82, 2.24) is 24.9 Å². The summed E-state index contributed by atoms with van der Waals surface area (Å²) in [7, 11) is 0. The van der Waals surface area contributed by atoms with Gasteiger partial charge in [0.1, 0.15) is 11.8 Å². The lowest BCUT2D eigenvalue weighted by Crippen LogP contribution is -2.49. The monoisotopic (exact) mass is 470 g/mol. The number of rotatable bonds is 4. The van der Waals surface area contributed by atoms with Gasteiger partial charge in [-0.3, -0.25) is 9.69 Å². The molecule has 2 aromatic heterocycles. The fourth-order valence-corrected chi connectivity index (χ4v) is 3.79. The molecule has 0 bridgehead atoms. The molecule has 1 aliphatic heterocycles. The molecular weight excluding hydrogens is 449 g/mol. The Morgan fingerprint density at radius 1 is 1.15 bits per heavy atom. The molecule has 11 heteroatoms. The average molecular weight is 470 g/mol. The molecular formula is C23H21F3N6O2. The van der Waals surface area contributed by atoms with Crippen LogP contribution in [0, 0.1) is 18.3 Å². The van der Waals surface area contributed by atoms with E-state index in [-0.39, 0.29) is 29.2 Å². The fraction of sp³-hybridized carbons (Fsp3) is 0.348. The summed E-state index contributed by atoms with van der Waals surface area (Å²) in [5, 5.41) is 12.9. The number of halogens is 3. The normalized spacial score (nSPS) is 15.7. The van der Waals surface area contributed by atoms with Gasteiger partial charge in [-0.25, -0.2) is 4.98 Å². The van der Waals surface area contributed by atoms with Crippen LogP contribution >= 0.6 is 0 Å². The summed E-state index contributed by atoms with van der Waals surface area (Å²) in [4.78, 5) is 25.1. The number of aryl methyl sites for hydroxylation is 1. The van der Waals surface area contributed by atoms with E-state index in [1.165, 1.54) is 12.1 Å². The van der Waals surface area contributed by atoms with Crippen LogP contribution in [0.15, 0.2) is 40.9 Å². The summed E-state index contributed by atoms with van der Waals surface area (Å²) in [5.74, 6) is 0.171. The van der Waals surface area contributed by atoms with Crippen LogP contribution in [0.25, 0.3) is 11.4 Å². The first-order valence-corrected chi connectivity index (χ1v) is 10.6. The molecule has 0 radical (unpaired) electrons. The zero-order valence-electron chi connectivity index (χ0n) is 18.5. The molecule has 34 heavy (non-hydrogen) atoms. The molecule has 1 aromatic carbocycles. The van der Waals surface area contributed by atoms with Crippen molar-refractivity contribution >= 4 is 5.91 Å². The number of hydrogen-bond acceptors (Lipinski definition) is 7. The summed E-state index contributed by atoms with van der Waals surface area (Å²) < 4.78 is 44.3. The minimum Gasteiger partial charge on any atom is -0.337 e. The molecule has 1 amide bonds. The predicted molar refractivity (Wildman–Crippen MR) is 114 cm³/mol. The zero-order valence-corrected chi connectivity index (χ0v) is 18.5. The Hall–Kier alpha value is -3.78. The highest BCUT2D eigenvalue weighted by atomic mass is 19.4. The van der Waals surface area contributed by atoms with Crippen molar-refractivity contribution in [1.29, 1.82) is 5.26 Å². The number of piperazine rings is 1. The Balaban J connectivity index is 1.40. The van der Waals surface area contributed by atoms with Gasteiger partial charge in [0.05, 0.1) is 22.9 Å². The Labute approximate surface area is 193 Å². The van der Waals surface area contributed by atoms with Crippen LogP contribution in [0.5, 0.6) is 0 Å². The number of aromatic nitrogens is 3. The number of nitrogens with zero attached hydrogens (tertiary/aromatic N) is 6. The van der Waals surface area contributed by atoms with Gasteiger partial charge in [-0.2, -0.15) is 23.4 Å². The molecule has 1 saturated heterocycles. The first-order chi connectivity index (χ1) is 16.2. The van der Waals surface area contributed by atoms with E-state index in [0.717, 1.165) is 12.1 Å². The minimum atomic E-state index is -4.46. The van der Waals surface area contributed by atoms with Gasteiger partial charge in [0.15, 0.2) is 0 Å². The number of carbonyl (C=O) groups is 1. The van der Waals surface area contributed by atoms with Gasteiger partial charge in [-0.1, -0.05) is 17.3 Å². The molecule has 3 heterocycles. The third kappa shape index (κ3) is 4.77. The summed E-state index contributed by atoms with van der Waals surface area (Å²) in [6.07, 6.45) is -4.46. The van der Waals surface area contributed by atoms with E-state index in [0.29, 0.717) is 43.1 Å². The van der Waals surface area contributed by atoms with Crippen LogP contribution in [0.4, 0.5) is 13.2 Å². The highest BCUT2D eigenvalue weighted by Gasteiger charge is 2.32. The van der Waals surface area contributed by atoms with Crippen molar-refractivity contribution in [2.75, 3.05) is 26.2 Å². The predicted octanol–water partition coefficient (Wildman–Crippen LogP) is 3.85. The number of amides is 1. The maximum atomic E-state index is 13.0. The lowest BCUT2D eigenvalue weighted by atomic mass is 10.1. The molecule has 8 nitrogen and oxygen atoms in total. The Morgan fingerprint density at radius 3 is 2.53 bits per heavy atom. The Bertz CT molecular complexity index is 1240. The number of pyridine rings is 1. The quantitative estimate of drug-likeness (QED) is 0.571. The van der Waals surface area contributed by atoms with E-state index in [4.69, 9.17) is 9.78 Å². The van der Waals surface area contributed by atoms with Crippen LogP contribution in [-0.2, 0) is 6.18 Å². The third-order valence-corrected chi connectivity index (χ3v) is 5.82. The van der Waals surface area contributed by atoms with E-state index in [9.17, 15) is 18.0 Å². The van der Waals surface area contributed by atoms with Crippen LogP contribution in [0.1, 0.15) is 46.2 Å². The second kappa shape index (κ2) is 9.23. The molecule has 176 valence electrons. The van der Waals surface area contributed by atoms with Gasteiger partial charge in [0, 0.05) is 31.7 Å². The smallest absolute Gasteiger partial charge is 0.337 e. The summed E-state index contributed by atoms with van der Waals surface area (Å²) >= 11 is 0. The van der Waals surface area contributed by atoms with Crippen LogP contribution in [0.2, 0.25) is 0 Å². The van der Waals surface area contributed by atoms with Gasteiger partial charge in [0.25, 0.3) is 5.91 Å². The second-order valence-electron chi connectivity index (χ2n) is 7.98. The molecule has 1 unspecified atom stereocenters. The van der Waals surface area contributed by atoms with Gasteiger partial charge in [-0.15, -0.1) is 0 Å². The van der Waals surface area contributed by atoms with Gasteiger partial charge in [0.2, 0.25) is 11.7 Å². The fourth-order valence-electron chi connectivity index (χ4n) is 3.79. The third-order valence-electron chi connectivity index (χ3n) is 5.82. The highest BCUT2D eigenvalue weighted by molar-refractivity contribution is 5.92. The van der Waals surface area contributed by atoms with E-state index in [2.05, 4.69) is 20.0 Å². The first-order valence-electron chi connectivity index (χ1n) is 10.6. The summed E-state index contributed by atoms with van der Waals surface area (Å²) in [6.45, 7) is 5.56. The van der Waals surface area contributed by atoms with Crippen molar-refractivity contribution in [3.63, 3.8) is 0 Å². The van der Waals surface area contributed by atoms with E-state index in [1.54, 1.807) is 24.0 Å². The highest BCUT2D eigenvalue weighted by Crippen LogP contribution is 2.32. The largest absolute Gasteiger partial charge is 0.416 e. The SMILES string of the molecule is Cc1nc(C(=O)N2CCN(C(C)c3nc(-c4cccc(C(F)(F)F)c4)no3)CC2)ccc1C#N. The van der Waals surface area contributed by atoms with E-state index < -0.39 is 11.7 Å². The second-order valence-corrected chi connectivity index (χ2v) is 7.98. The number of carbonyl (C=O) groups excluding carboxylic acids is 1. The number of benzene rings is 1. The van der Waals surface area contributed by atoms with Crippen LogP contribution in [-0.4, -0.2) is 57.0 Å². The van der Waals surface area contributed by atoms with Crippen LogP contribution < -0.4 is 0 Å². The number of hydrogen-bond donors (Lipinski definition) is 0. The lowest BCUT2D eigenvalue weighted by molar-refractivity contribution is -0.137. The molecule has 0 saturated carbocycles. The van der Waals surface area contributed by atoms with E-state index >= 15 is 0 Å². The van der Waals surface area contributed by atoms with Crippen molar-refractivity contribution in [3.05, 3.63) is 64.8 Å². The lowest BCUT2D eigenvalue weighted by Gasteiger charge is -2.36. The van der Waals surface area contributed by atoms with Crippen molar-refractivity contribution in [3.8, 4) is 17.5 Å². The standard InChI is InChI=1S/C23H21F3N6O2/c1-14-17(13-27)6-7-19(28-14)22(33)32-10-8-31(9-11-32)15(2)21-29-20(30-34-21)16-4-3-5-18(12-16)23(24,25)26/h3-7,12,15H,8-11H2,1-2H3. The van der Waals surface area contributed by atoms with E-state index in [1.807, 2.05) is 13.0 Å². The minimum absolute atomic E-state index is 0.0871. The van der Waals surface area contributed by atoms with Crippen molar-refractivity contribution in [2.24, 2.45) is 0 Å². The maximum Gasteiger partial charge on any atom is 0.416 e. The molecule has 0 N–H and O–H groups in total. The Kier molecular flexibility index (Phi) is 6.34. The summed E-state index contributed by atoms with van der Waals surface area (Å²) in [6, 6.07) is 9.67. The molecule has 1 aliphatic rings. The molecule has 4 rings (SSSR count). The topological polar surface area (TPSA) is 99.2 Å². The molecule has 0 spiro atoms. The number of alkyl halides is 3. The van der Waals surface area contributed by atoms with Gasteiger partial charge in [-0.05, 0) is 38.1 Å². The van der Waals surface area contributed by atoms with Crippen LogP contribution in [0.3, 0.4) is 0 Å². The summed E-state index contributed by atoms with van der Waals surface area (Å²) in [5.41, 5.74) is 0.670. The maximum absolute atomic E-state index is 13.0. The van der Waals surface area contributed by atoms with Crippen molar-refractivity contribution in [2.45, 2.75) is 26.1 Å². The van der Waals surface area contributed by atoms with Gasteiger partial charge >= 0.3 is 6.18 Å². The van der Waals surface area contributed by atoms with Crippen molar-refractivity contribution < 1.29 is 22.5 Å². The molecule has 3 aromatic rings. The first kappa shape index (κ1) is 23.4. The number of nitriles is 1. The molecule has 0 aliphatic carbocycles. The Morgan fingerprint density at radius 2 is 1.88 bits per heavy atom. The zero-order chi connectivity index (χ0) is 24.5. The molecule has 1 atom stereocenters. The van der Waals surface area contributed by atoms with Gasteiger partial charge < -0.3 is 9.42 Å².